The minimum Gasteiger partial charge on any atom is -0.337 e. The van der Waals surface area contributed by atoms with Gasteiger partial charge in [0.05, 0.1) is 29.6 Å². The molecule has 1 saturated heterocycles. The molecule has 0 spiro atoms. The van der Waals surface area contributed by atoms with Gasteiger partial charge in [0.15, 0.2) is 11.6 Å². The molecule has 2 aromatic heterocycles. The lowest BCUT2D eigenvalue weighted by atomic mass is 10.0. The fourth-order valence-corrected chi connectivity index (χ4v) is 4.03. The second-order valence-electron chi connectivity index (χ2n) is 8.33. The van der Waals surface area contributed by atoms with E-state index in [4.69, 9.17) is 10.7 Å². The van der Waals surface area contributed by atoms with Crippen molar-refractivity contribution < 1.29 is 13.6 Å². The maximum atomic E-state index is 14.5. The van der Waals surface area contributed by atoms with E-state index in [9.17, 15) is 18.8 Å². The van der Waals surface area contributed by atoms with Crippen LogP contribution in [0.15, 0.2) is 30.6 Å². The fourth-order valence-electron chi connectivity index (χ4n) is 4.03. The number of carbonyl (C=O) groups is 1. The van der Waals surface area contributed by atoms with E-state index in [2.05, 4.69) is 20.3 Å². The molecule has 1 aliphatic heterocycles. The predicted molar refractivity (Wildman–Crippen MR) is 128 cm³/mol. The lowest BCUT2D eigenvalue weighted by Gasteiger charge is -2.35. The highest BCUT2D eigenvalue weighted by molar-refractivity contribution is 5.75. The molecular weight excluding hydrogens is 482 g/mol. The summed E-state index contributed by atoms with van der Waals surface area (Å²) < 4.78 is 29.7. The summed E-state index contributed by atoms with van der Waals surface area (Å²) in [5.74, 6) is -1.15. The number of rotatable bonds is 6. The Morgan fingerprint density at radius 2 is 1.95 bits per heavy atom. The summed E-state index contributed by atoms with van der Waals surface area (Å²) in [5.41, 5.74) is 1.06. The number of aryl methyl sites for hydroxylation is 1. The molecule has 1 fully saturated rings. The van der Waals surface area contributed by atoms with Crippen molar-refractivity contribution in [1.82, 2.24) is 29.7 Å². The number of nitrogens with one attached hydrogen (secondary N) is 2. The van der Waals surface area contributed by atoms with Gasteiger partial charge in [0.2, 0.25) is 11.8 Å². The molecule has 188 valence electrons. The number of aromatic nitrogens is 4. The largest absolute Gasteiger partial charge is 0.337 e. The number of amides is 2. The highest BCUT2D eigenvalue weighted by Gasteiger charge is 2.26. The van der Waals surface area contributed by atoms with Crippen molar-refractivity contribution in [3.05, 3.63) is 64.9 Å². The third-order valence-electron chi connectivity index (χ3n) is 5.82. The molecule has 0 saturated carbocycles. The van der Waals surface area contributed by atoms with E-state index in [0.29, 0.717) is 37.4 Å². The molecule has 2 amide bonds. The maximum absolute atomic E-state index is 14.5. The van der Waals surface area contributed by atoms with Crippen molar-refractivity contribution in [1.29, 1.82) is 15.9 Å². The molecule has 1 atom stereocenters. The van der Waals surface area contributed by atoms with Gasteiger partial charge in [0.25, 0.3) is 0 Å². The van der Waals surface area contributed by atoms with E-state index in [0.717, 1.165) is 18.5 Å². The van der Waals surface area contributed by atoms with Crippen LogP contribution in [0, 0.1) is 46.6 Å². The Bertz CT molecular complexity index is 1420. The molecule has 0 aliphatic carbocycles. The first-order valence-corrected chi connectivity index (χ1v) is 11.3. The first kappa shape index (κ1) is 25.2. The number of nitrogens with zero attached hydrogens (tertiary/aromatic N) is 8. The van der Waals surface area contributed by atoms with Gasteiger partial charge in [-0.05, 0) is 36.9 Å². The van der Waals surface area contributed by atoms with Crippen molar-refractivity contribution in [2.45, 2.75) is 19.4 Å². The van der Waals surface area contributed by atoms with Crippen molar-refractivity contribution in [3.8, 4) is 18.0 Å². The molecule has 3 aromatic rings. The van der Waals surface area contributed by atoms with E-state index in [1.165, 1.54) is 22.9 Å². The molecule has 11 nitrogen and oxygen atoms in total. The fraction of sp³-hybridized carbons (Fsp3) is 0.292. The second-order valence-corrected chi connectivity index (χ2v) is 8.33. The van der Waals surface area contributed by atoms with Gasteiger partial charge in [-0.2, -0.15) is 15.5 Å². The first-order valence-electron chi connectivity index (χ1n) is 11.3. The average Bonchev–Trinajstić information content (AvgIpc) is 3.28. The predicted octanol–water partition coefficient (Wildman–Crippen LogP) is 2.60. The molecule has 0 unspecified atom stereocenters. The summed E-state index contributed by atoms with van der Waals surface area (Å²) >= 11 is 0. The molecule has 3 heterocycles. The number of anilines is 1. The standard InChI is InChI=1S/C24H22F2N10O/c1-15-14-36(21(12-29)31-15)22-19(26)13-30-23(33-22)34-4-6-35(7-5-34)24(37)32-20(2-3-27)17-8-16(11-28)9-18(25)10-17/h3,8-10,13-14,20,27H,2,4-7H2,1H3,(H,32,37)/t20-/m0/s1. The number of carbonyl (C=O) groups excluding carboxylic acids is 1. The third kappa shape index (κ3) is 5.51. The summed E-state index contributed by atoms with van der Waals surface area (Å²) in [6.07, 6.45) is 3.79. The van der Waals surface area contributed by atoms with Gasteiger partial charge in [0, 0.05) is 38.8 Å². The smallest absolute Gasteiger partial charge is 0.318 e. The van der Waals surface area contributed by atoms with Crippen LogP contribution in [0.4, 0.5) is 19.5 Å². The Morgan fingerprint density at radius 1 is 1.19 bits per heavy atom. The maximum Gasteiger partial charge on any atom is 0.318 e. The van der Waals surface area contributed by atoms with Crippen LogP contribution in [0.25, 0.3) is 5.82 Å². The Kier molecular flexibility index (Phi) is 7.34. The Morgan fingerprint density at radius 3 is 2.62 bits per heavy atom. The zero-order valence-electron chi connectivity index (χ0n) is 19.8. The van der Waals surface area contributed by atoms with Crippen LogP contribution in [-0.2, 0) is 0 Å². The molecule has 1 aliphatic rings. The van der Waals surface area contributed by atoms with Gasteiger partial charge in [-0.15, -0.1) is 0 Å². The van der Waals surface area contributed by atoms with Crippen LogP contribution >= 0.6 is 0 Å². The molecule has 0 bridgehead atoms. The van der Waals surface area contributed by atoms with Crippen molar-refractivity contribution in [2.75, 3.05) is 31.1 Å². The van der Waals surface area contributed by atoms with Gasteiger partial charge in [-0.3, -0.25) is 4.57 Å². The van der Waals surface area contributed by atoms with Gasteiger partial charge in [-0.25, -0.2) is 23.5 Å². The van der Waals surface area contributed by atoms with E-state index < -0.39 is 23.7 Å². The number of hydrogen-bond donors (Lipinski definition) is 2. The minimum atomic E-state index is -0.704. The van der Waals surface area contributed by atoms with Crippen LogP contribution in [0.3, 0.4) is 0 Å². The van der Waals surface area contributed by atoms with Gasteiger partial charge in [0.1, 0.15) is 11.9 Å². The Labute approximate surface area is 211 Å². The van der Waals surface area contributed by atoms with Gasteiger partial charge < -0.3 is 20.5 Å². The number of urea groups is 1. The monoisotopic (exact) mass is 504 g/mol. The van der Waals surface area contributed by atoms with Crippen molar-refractivity contribution >= 4 is 18.2 Å². The second kappa shape index (κ2) is 10.8. The Balaban J connectivity index is 1.45. The zero-order chi connectivity index (χ0) is 26.5. The van der Waals surface area contributed by atoms with Crippen molar-refractivity contribution in [3.63, 3.8) is 0 Å². The lowest BCUT2D eigenvalue weighted by molar-refractivity contribution is 0.190. The SMILES string of the molecule is Cc1cn(-c2nc(N3CCN(C(=O)N[C@@H](CC=N)c4cc(F)cc(C#N)c4)CC3)ncc2F)c(C#N)n1. The summed E-state index contributed by atoms with van der Waals surface area (Å²) in [6, 6.07) is 6.54. The molecule has 2 N–H and O–H groups in total. The van der Waals surface area contributed by atoms with Crippen LogP contribution < -0.4 is 10.2 Å². The first-order chi connectivity index (χ1) is 17.8. The van der Waals surface area contributed by atoms with Crippen LogP contribution in [0.1, 0.15) is 35.1 Å². The van der Waals surface area contributed by atoms with Gasteiger partial charge in [-0.1, -0.05) is 0 Å². The van der Waals surface area contributed by atoms with Crippen molar-refractivity contribution in [2.24, 2.45) is 0 Å². The number of imidazole rings is 1. The molecule has 1 aromatic carbocycles. The highest BCUT2D eigenvalue weighted by Crippen LogP contribution is 2.21. The third-order valence-corrected chi connectivity index (χ3v) is 5.82. The van der Waals surface area contributed by atoms with E-state index in [1.807, 2.05) is 12.1 Å². The van der Waals surface area contributed by atoms with Crippen LogP contribution in [0.5, 0.6) is 0 Å². The zero-order valence-corrected chi connectivity index (χ0v) is 19.8. The molecule has 0 radical (unpaired) electrons. The van der Waals surface area contributed by atoms with Gasteiger partial charge >= 0.3 is 6.03 Å². The average molecular weight is 505 g/mol. The highest BCUT2D eigenvalue weighted by atomic mass is 19.1. The van der Waals surface area contributed by atoms with E-state index in [-0.39, 0.29) is 29.6 Å². The number of benzene rings is 1. The quantitative estimate of drug-likeness (QED) is 0.490. The number of hydrogen-bond acceptors (Lipinski definition) is 8. The molecule has 37 heavy (non-hydrogen) atoms. The summed E-state index contributed by atoms with van der Waals surface area (Å²) in [6.45, 7) is 3.02. The Hall–Kier alpha value is -4.91. The number of halogens is 2. The molecule has 4 rings (SSSR count). The number of nitriles is 2. The summed E-state index contributed by atoms with van der Waals surface area (Å²) in [5, 5.41) is 28.7. The molecule has 13 heteroatoms. The molecular formula is C24H22F2N10O. The number of piperazine rings is 1. The minimum absolute atomic E-state index is 0.00204. The van der Waals surface area contributed by atoms with E-state index in [1.54, 1.807) is 16.7 Å². The topological polar surface area (TPSA) is 151 Å². The summed E-state index contributed by atoms with van der Waals surface area (Å²) in [7, 11) is 0. The van der Waals surface area contributed by atoms with Crippen LogP contribution in [0.2, 0.25) is 0 Å². The lowest BCUT2D eigenvalue weighted by Crippen LogP contribution is -2.52. The van der Waals surface area contributed by atoms with Crippen LogP contribution in [-0.4, -0.2) is 62.8 Å². The van der Waals surface area contributed by atoms with E-state index >= 15 is 0 Å². The summed E-state index contributed by atoms with van der Waals surface area (Å²) in [4.78, 5) is 28.7. The normalized spacial score (nSPS) is 14.0.